The van der Waals surface area contributed by atoms with E-state index in [1.807, 2.05) is 19.2 Å². The van der Waals surface area contributed by atoms with E-state index >= 15 is 0 Å². The number of hydrogen-bond donors (Lipinski definition) is 1. The molecule has 1 aliphatic carbocycles. The minimum absolute atomic E-state index is 0.405. The number of nitrogens with zero attached hydrogens (tertiary/aromatic N) is 2. The maximum atomic E-state index is 12.6. The summed E-state index contributed by atoms with van der Waals surface area (Å²) < 4.78 is 26.9. The Hall–Kier alpha value is -0.950. The van der Waals surface area contributed by atoms with Crippen LogP contribution in [0.2, 0.25) is 0 Å². The van der Waals surface area contributed by atoms with E-state index in [1.165, 1.54) is 12.8 Å². The molecule has 21 heavy (non-hydrogen) atoms. The molecule has 1 aliphatic heterocycles. The minimum atomic E-state index is -3.34. The first-order valence-corrected chi connectivity index (χ1v) is 9.03. The highest BCUT2D eigenvalue weighted by atomic mass is 32.2. The van der Waals surface area contributed by atoms with Gasteiger partial charge in [0.25, 0.3) is 0 Å². The molecule has 0 aromatic heterocycles. The molecule has 1 heterocycles. The van der Waals surface area contributed by atoms with Gasteiger partial charge in [-0.1, -0.05) is 12.1 Å². The molecule has 1 aromatic rings. The van der Waals surface area contributed by atoms with E-state index in [-0.39, 0.29) is 0 Å². The quantitative estimate of drug-likeness (QED) is 0.877. The Labute approximate surface area is 127 Å². The summed E-state index contributed by atoms with van der Waals surface area (Å²) in [5.41, 5.74) is 1.09. The minimum Gasteiger partial charge on any atom is -0.316 e. The van der Waals surface area contributed by atoms with Gasteiger partial charge >= 0.3 is 0 Å². The van der Waals surface area contributed by atoms with Crippen LogP contribution in [0.5, 0.6) is 0 Å². The van der Waals surface area contributed by atoms with Crippen molar-refractivity contribution < 1.29 is 8.42 Å². The molecule has 3 rings (SSSR count). The lowest BCUT2D eigenvalue weighted by Crippen LogP contribution is -2.49. The smallest absolute Gasteiger partial charge is 0.243 e. The molecule has 2 aliphatic rings. The van der Waals surface area contributed by atoms with Crippen molar-refractivity contribution in [1.29, 1.82) is 0 Å². The van der Waals surface area contributed by atoms with E-state index in [2.05, 4.69) is 10.2 Å². The first-order chi connectivity index (χ1) is 10.1. The van der Waals surface area contributed by atoms with Crippen molar-refractivity contribution in [3.8, 4) is 0 Å². The standard InChI is InChI=1S/C15H23N3O2S/c1-16-12-13-2-6-15(7-3-13)21(19,20)18-10-8-17(9-11-18)14-4-5-14/h2-3,6-7,14,16H,4-5,8-12H2,1H3. The van der Waals surface area contributed by atoms with Crippen molar-refractivity contribution in [3.05, 3.63) is 29.8 Å². The number of nitrogens with one attached hydrogen (secondary N) is 1. The predicted octanol–water partition coefficient (Wildman–Crippen LogP) is 0.875. The van der Waals surface area contributed by atoms with E-state index < -0.39 is 10.0 Å². The largest absolute Gasteiger partial charge is 0.316 e. The average molecular weight is 309 g/mol. The summed E-state index contributed by atoms with van der Waals surface area (Å²) >= 11 is 0. The molecular weight excluding hydrogens is 286 g/mol. The van der Waals surface area contributed by atoms with Crippen LogP contribution in [0.3, 0.4) is 0 Å². The van der Waals surface area contributed by atoms with Crippen LogP contribution in [0.1, 0.15) is 18.4 Å². The molecule has 6 heteroatoms. The van der Waals surface area contributed by atoms with Gasteiger partial charge in [-0.2, -0.15) is 4.31 Å². The summed E-state index contributed by atoms with van der Waals surface area (Å²) in [6.07, 6.45) is 2.55. The molecule has 0 amide bonds. The Morgan fingerprint density at radius 1 is 1.10 bits per heavy atom. The number of rotatable bonds is 5. The van der Waals surface area contributed by atoms with Gasteiger partial charge in [-0.05, 0) is 37.6 Å². The zero-order valence-electron chi connectivity index (χ0n) is 12.5. The normalized spacial score (nSPS) is 21.6. The molecule has 116 valence electrons. The second-order valence-electron chi connectivity index (χ2n) is 5.85. The molecule has 0 spiro atoms. The van der Waals surface area contributed by atoms with Crippen LogP contribution < -0.4 is 5.32 Å². The van der Waals surface area contributed by atoms with Crippen molar-refractivity contribution in [3.63, 3.8) is 0 Å². The van der Waals surface area contributed by atoms with Gasteiger partial charge in [0, 0.05) is 38.8 Å². The maximum absolute atomic E-state index is 12.6. The zero-order chi connectivity index (χ0) is 14.9. The molecule has 0 atom stereocenters. The Morgan fingerprint density at radius 3 is 2.24 bits per heavy atom. The summed E-state index contributed by atoms with van der Waals surface area (Å²) in [6, 6.07) is 7.91. The van der Waals surface area contributed by atoms with Crippen LogP contribution in [0, 0.1) is 0 Å². The van der Waals surface area contributed by atoms with E-state index in [4.69, 9.17) is 0 Å². The van der Waals surface area contributed by atoms with E-state index in [0.29, 0.717) is 18.0 Å². The van der Waals surface area contributed by atoms with Crippen LogP contribution in [-0.4, -0.2) is 56.9 Å². The number of sulfonamides is 1. The predicted molar refractivity (Wildman–Crippen MR) is 82.6 cm³/mol. The van der Waals surface area contributed by atoms with E-state index in [1.54, 1.807) is 16.4 Å². The van der Waals surface area contributed by atoms with Crippen molar-refractivity contribution in [2.45, 2.75) is 30.3 Å². The van der Waals surface area contributed by atoms with Gasteiger partial charge in [0.1, 0.15) is 0 Å². The highest BCUT2D eigenvalue weighted by Gasteiger charge is 2.34. The third kappa shape index (κ3) is 3.29. The van der Waals surface area contributed by atoms with Crippen LogP contribution in [0.25, 0.3) is 0 Å². The van der Waals surface area contributed by atoms with E-state index in [9.17, 15) is 8.42 Å². The molecule has 1 saturated heterocycles. The lowest BCUT2D eigenvalue weighted by molar-refractivity contribution is 0.180. The highest BCUT2D eigenvalue weighted by molar-refractivity contribution is 7.89. The second-order valence-corrected chi connectivity index (χ2v) is 7.78. The van der Waals surface area contributed by atoms with Gasteiger partial charge in [0.2, 0.25) is 10.0 Å². The van der Waals surface area contributed by atoms with Gasteiger partial charge in [-0.15, -0.1) is 0 Å². The third-order valence-corrected chi connectivity index (χ3v) is 6.19. The van der Waals surface area contributed by atoms with Gasteiger partial charge in [-0.25, -0.2) is 8.42 Å². The fourth-order valence-electron chi connectivity index (χ4n) is 2.88. The van der Waals surface area contributed by atoms with Crippen LogP contribution >= 0.6 is 0 Å². The van der Waals surface area contributed by atoms with Crippen molar-refractivity contribution >= 4 is 10.0 Å². The molecule has 1 saturated carbocycles. The van der Waals surface area contributed by atoms with Crippen LogP contribution in [-0.2, 0) is 16.6 Å². The van der Waals surface area contributed by atoms with Gasteiger partial charge in [0.05, 0.1) is 4.90 Å². The Balaban J connectivity index is 1.68. The Bertz CT molecular complexity index is 573. The number of hydrogen-bond acceptors (Lipinski definition) is 4. The average Bonchev–Trinajstić information content (AvgIpc) is 3.33. The first kappa shape index (κ1) is 15.0. The van der Waals surface area contributed by atoms with Crippen LogP contribution in [0.15, 0.2) is 29.2 Å². The Morgan fingerprint density at radius 2 is 1.71 bits per heavy atom. The molecule has 0 unspecified atom stereocenters. The first-order valence-electron chi connectivity index (χ1n) is 7.59. The second kappa shape index (κ2) is 6.04. The molecule has 1 aromatic carbocycles. The molecule has 0 bridgehead atoms. The lowest BCUT2D eigenvalue weighted by atomic mass is 10.2. The maximum Gasteiger partial charge on any atom is 0.243 e. The van der Waals surface area contributed by atoms with Gasteiger partial charge in [0.15, 0.2) is 0 Å². The monoisotopic (exact) mass is 309 g/mol. The van der Waals surface area contributed by atoms with Crippen LogP contribution in [0.4, 0.5) is 0 Å². The fraction of sp³-hybridized carbons (Fsp3) is 0.600. The molecule has 5 nitrogen and oxygen atoms in total. The highest BCUT2D eigenvalue weighted by Crippen LogP contribution is 2.28. The molecule has 0 radical (unpaired) electrons. The SMILES string of the molecule is CNCc1ccc(S(=O)(=O)N2CCN(C3CC3)CC2)cc1. The lowest BCUT2D eigenvalue weighted by Gasteiger charge is -2.34. The molecule has 1 N–H and O–H groups in total. The van der Waals surface area contributed by atoms with E-state index in [0.717, 1.165) is 31.2 Å². The summed E-state index contributed by atoms with van der Waals surface area (Å²) in [5, 5.41) is 3.06. The molecular formula is C15H23N3O2S. The Kier molecular flexibility index (Phi) is 4.31. The summed E-state index contributed by atoms with van der Waals surface area (Å²) in [5.74, 6) is 0. The van der Waals surface area contributed by atoms with Gasteiger partial charge in [-0.3, -0.25) is 4.90 Å². The van der Waals surface area contributed by atoms with Crippen molar-refractivity contribution in [1.82, 2.24) is 14.5 Å². The van der Waals surface area contributed by atoms with Crippen molar-refractivity contribution in [2.75, 3.05) is 33.2 Å². The van der Waals surface area contributed by atoms with Crippen molar-refractivity contribution in [2.24, 2.45) is 0 Å². The molecule has 2 fully saturated rings. The summed E-state index contributed by atoms with van der Waals surface area (Å²) in [6.45, 7) is 3.69. The topological polar surface area (TPSA) is 52.7 Å². The number of piperazine rings is 1. The number of benzene rings is 1. The van der Waals surface area contributed by atoms with Gasteiger partial charge < -0.3 is 5.32 Å². The zero-order valence-corrected chi connectivity index (χ0v) is 13.3. The summed E-state index contributed by atoms with van der Waals surface area (Å²) in [4.78, 5) is 2.82. The summed E-state index contributed by atoms with van der Waals surface area (Å²) in [7, 11) is -1.46. The third-order valence-electron chi connectivity index (χ3n) is 4.28. The fourth-order valence-corrected chi connectivity index (χ4v) is 4.30.